The average Bonchev–Trinajstić information content (AvgIpc) is 2.22. The van der Waals surface area contributed by atoms with E-state index >= 15 is 0 Å². The fourth-order valence-electron chi connectivity index (χ4n) is 1.48. The highest BCUT2D eigenvalue weighted by Crippen LogP contribution is 2.25. The topological polar surface area (TPSA) is 33.2 Å². The Labute approximate surface area is 117 Å². The summed E-state index contributed by atoms with van der Waals surface area (Å²) < 4.78 is 38.3. The van der Waals surface area contributed by atoms with Gasteiger partial charge in [0.05, 0.1) is 5.56 Å². The molecule has 1 aromatic rings. The SMILES string of the molecule is CC(C)(C)N(CC(F)(F)F)C(=O)c1cncc(Br)c1. The number of amides is 1. The van der Waals surface area contributed by atoms with Crippen LogP contribution in [0.1, 0.15) is 31.1 Å². The van der Waals surface area contributed by atoms with Crippen LogP contribution in [0.25, 0.3) is 0 Å². The predicted octanol–water partition coefficient (Wildman–Crippen LogP) is 3.65. The summed E-state index contributed by atoms with van der Waals surface area (Å²) in [6.45, 7) is 3.38. The van der Waals surface area contributed by atoms with Crippen molar-refractivity contribution in [3.63, 3.8) is 0 Å². The van der Waals surface area contributed by atoms with Gasteiger partial charge in [-0.2, -0.15) is 13.2 Å². The molecule has 0 radical (unpaired) electrons. The summed E-state index contributed by atoms with van der Waals surface area (Å²) in [6.07, 6.45) is -1.73. The predicted molar refractivity (Wildman–Crippen MR) is 68.8 cm³/mol. The molecule has 0 N–H and O–H groups in total. The van der Waals surface area contributed by atoms with Gasteiger partial charge in [0.2, 0.25) is 0 Å². The van der Waals surface area contributed by atoms with E-state index in [4.69, 9.17) is 0 Å². The summed E-state index contributed by atoms with van der Waals surface area (Å²) in [5.41, 5.74) is -0.817. The number of alkyl halides is 3. The maximum Gasteiger partial charge on any atom is 0.406 e. The van der Waals surface area contributed by atoms with Gasteiger partial charge in [-0.3, -0.25) is 9.78 Å². The molecule has 0 aliphatic carbocycles. The van der Waals surface area contributed by atoms with Crippen molar-refractivity contribution < 1.29 is 18.0 Å². The maximum absolute atomic E-state index is 12.6. The first kappa shape index (κ1) is 15.9. The van der Waals surface area contributed by atoms with Crippen LogP contribution in [0.4, 0.5) is 13.2 Å². The molecule has 0 fully saturated rings. The lowest BCUT2D eigenvalue weighted by molar-refractivity contribution is -0.148. The number of halogens is 4. The van der Waals surface area contributed by atoms with Crippen molar-refractivity contribution in [2.75, 3.05) is 6.54 Å². The molecule has 1 heterocycles. The first-order chi connectivity index (χ1) is 8.50. The van der Waals surface area contributed by atoms with Crippen LogP contribution in [-0.4, -0.2) is 34.1 Å². The van der Waals surface area contributed by atoms with Crippen molar-refractivity contribution in [3.8, 4) is 0 Å². The lowest BCUT2D eigenvalue weighted by Gasteiger charge is -2.36. The van der Waals surface area contributed by atoms with E-state index in [9.17, 15) is 18.0 Å². The van der Waals surface area contributed by atoms with E-state index in [1.165, 1.54) is 18.5 Å². The molecule has 19 heavy (non-hydrogen) atoms. The standard InChI is InChI=1S/C12H14BrF3N2O/c1-11(2,3)18(7-12(14,15)16)10(19)8-4-9(13)6-17-5-8/h4-6H,7H2,1-3H3. The first-order valence-electron chi connectivity index (χ1n) is 5.50. The molecule has 7 heteroatoms. The number of nitrogens with zero attached hydrogens (tertiary/aromatic N) is 2. The van der Waals surface area contributed by atoms with E-state index in [1.54, 1.807) is 20.8 Å². The van der Waals surface area contributed by atoms with Crippen LogP contribution in [0.15, 0.2) is 22.9 Å². The lowest BCUT2D eigenvalue weighted by atomic mass is 10.0. The van der Waals surface area contributed by atoms with Crippen LogP contribution in [0, 0.1) is 0 Å². The van der Waals surface area contributed by atoms with Crippen molar-refractivity contribution in [3.05, 3.63) is 28.5 Å². The molecule has 0 spiro atoms. The van der Waals surface area contributed by atoms with Crippen molar-refractivity contribution >= 4 is 21.8 Å². The Kier molecular flexibility index (Phi) is 4.60. The number of rotatable bonds is 2. The Morgan fingerprint density at radius 2 is 1.89 bits per heavy atom. The van der Waals surface area contributed by atoms with Gasteiger partial charge < -0.3 is 4.90 Å². The second kappa shape index (κ2) is 5.48. The molecule has 0 saturated heterocycles. The highest BCUT2D eigenvalue weighted by Gasteiger charge is 2.38. The summed E-state index contributed by atoms with van der Waals surface area (Å²) in [4.78, 5) is 16.8. The van der Waals surface area contributed by atoms with Gasteiger partial charge in [-0.15, -0.1) is 0 Å². The second-order valence-corrected chi connectivity index (χ2v) is 5.98. The number of carbonyl (C=O) groups excluding carboxylic acids is 1. The third-order valence-corrected chi connectivity index (χ3v) is 2.78. The summed E-state index contributed by atoms with van der Waals surface area (Å²) in [5.74, 6) is -0.696. The van der Waals surface area contributed by atoms with Gasteiger partial charge in [-0.25, -0.2) is 0 Å². The van der Waals surface area contributed by atoms with Crippen LogP contribution in [0.2, 0.25) is 0 Å². The van der Waals surface area contributed by atoms with Gasteiger partial charge in [0.25, 0.3) is 5.91 Å². The highest BCUT2D eigenvalue weighted by molar-refractivity contribution is 9.10. The van der Waals surface area contributed by atoms with Crippen LogP contribution in [0.3, 0.4) is 0 Å². The van der Waals surface area contributed by atoms with E-state index in [1.807, 2.05) is 0 Å². The van der Waals surface area contributed by atoms with Crippen molar-refractivity contribution in [1.29, 1.82) is 0 Å². The summed E-state index contributed by atoms with van der Waals surface area (Å²) >= 11 is 3.14. The van der Waals surface area contributed by atoms with E-state index in [0.717, 1.165) is 4.90 Å². The highest BCUT2D eigenvalue weighted by atomic mass is 79.9. The normalized spacial score (nSPS) is 12.4. The summed E-state index contributed by atoms with van der Waals surface area (Å²) in [7, 11) is 0. The zero-order valence-electron chi connectivity index (χ0n) is 10.8. The molecule has 0 unspecified atom stereocenters. The Morgan fingerprint density at radius 1 is 1.32 bits per heavy atom. The van der Waals surface area contributed by atoms with Gasteiger partial charge in [-0.1, -0.05) is 0 Å². The number of hydrogen-bond donors (Lipinski definition) is 0. The third-order valence-electron chi connectivity index (χ3n) is 2.34. The Morgan fingerprint density at radius 3 is 2.32 bits per heavy atom. The zero-order chi connectivity index (χ0) is 14.8. The second-order valence-electron chi connectivity index (χ2n) is 5.07. The number of carbonyl (C=O) groups is 1. The van der Waals surface area contributed by atoms with Crippen LogP contribution < -0.4 is 0 Å². The monoisotopic (exact) mass is 338 g/mol. The van der Waals surface area contributed by atoms with Gasteiger partial charge >= 0.3 is 6.18 Å². The molecule has 1 rings (SSSR count). The molecule has 0 aromatic carbocycles. The van der Waals surface area contributed by atoms with Gasteiger partial charge in [-0.05, 0) is 42.8 Å². The number of hydrogen-bond acceptors (Lipinski definition) is 2. The lowest BCUT2D eigenvalue weighted by Crippen LogP contribution is -2.50. The van der Waals surface area contributed by atoms with Gasteiger partial charge in [0.15, 0.2) is 0 Å². The minimum atomic E-state index is -4.44. The smallest absolute Gasteiger partial charge is 0.325 e. The fourth-order valence-corrected chi connectivity index (χ4v) is 1.84. The van der Waals surface area contributed by atoms with Crippen molar-refractivity contribution in [2.24, 2.45) is 0 Å². The quantitative estimate of drug-likeness (QED) is 0.824. The van der Waals surface area contributed by atoms with Gasteiger partial charge in [0, 0.05) is 22.4 Å². The maximum atomic E-state index is 12.6. The van der Waals surface area contributed by atoms with Gasteiger partial charge in [0.1, 0.15) is 6.54 Å². The zero-order valence-corrected chi connectivity index (χ0v) is 12.3. The third kappa shape index (κ3) is 4.81. The van der Waals surface area contributed by atoms with E-state index in [0.29, 0.717) is 4.47 Å². The molecule has 3 nitrogen and oxygen atoms in total. The molecule has 1 aromatic heterocycles. The fraction of sp³-hybridized carbons (Fsp3) is 0.500. The van der Waals surface area contributed by atoms with Crippen LogP contribution >= 0.6 is 15.9 Å². The molecular weight excluding hydrogens is 325 g/mol. The molecule has 0 bridgehead atoms. The molecule has 0 atom stereocenters. The minimum absolute atomic E-state index is 0.119. The Balaban J connectivity index is 3.08. The number of pyridine rings is 1. The van der Waals surface area contributed by atoms with Crippen molar-refractivity contribution in [2.45, 2.75) is 32.5 Å². The van der Waals surface area contributed by atoms with E-state index in [2.05, 4.69) is 20.9 Å². The van der Waals surface area contributed by atoms with Crippen LogP contribution in [0.5, 0.6) is 0 Å². The van der Waals surface area contributed by atoms with Crippen LogP contribution in [-0.2, 0) is 0 Å². The molecule has 0 saturated carbocycles. The minimum Gasteiger partial charge on any atom is -0.325 e. The molecule has 0 aliphatic heterocycles. The van der Waals surface area contributed by atoms with E-state index < -0.39 is 24.2 Å². The average molecular weight is 339 g/mol. The summed E-state index contributed by atoms with van der Waals surface area (Å²) in [6, 6.07) is 1.45. The molecule has 1 amide bonds. The van der Waals surface area contributed by atoms with E-state index in [-0.39, 0.29) is 5.56 Å². The molecule has 106 valence electrons. The Bertz CT molecular complexity index is 469. The Hall–Kier alpha value is -1.11. The molecular formula is C12H14BrF3N2O. The largest absolute Gasteiger partial charge is 0.406 e. The molecule has 0 aliphatic rings. The first-order valence-corrected chi connectivity index (χ1v) is 6.29. The number of aromatic nitrogens is 1. The summed E-state index contributed by atoms with van der Waals surface area (Å²) in [5, 5.41) is 0. The van der Waals surface area contributed by atoms with Crippen molar-refractivity contribution in [1.82, 2.24) is 9.88 Å².